The van der Waals surface area contributed by atoms with Crippen molar-refractivity contribution in [3.8, 4) is 5.75 Å². The molecule has 160 valence electrons. The first-order valence-corrected chi connectivity index (χ1v) is 9.94. The lowest BCUT2D eigenvalue weighted by molar-refractivity contribution is 0.0988. The Labute approximate surface area is 180 Å². The van der Waals surface area contributed by atoms with Crippen molar-refractivity contribution in [3.63, 3.8) is 0 Å². The summed E-state index contributed by atoms with van der Waals surface area (Å²) in [6.45, 7) is 6.28. The van der Waals surface area contributed by atoms with E-state index >= 15 is 0 Å². The number of carbonyl (C=O) groups is 1. The third-order valence-corrected chi connectivity index (χ3v) is 5.27. The molecule has 8 heteroatoms. The first kappa shape index (κ1) is 20.6. The van der Waals surface area contributed by atoms with E-state index in [9.17, 15) is 4.79 Å². The van der Waals surface area contributed by atoms with Crippen LogP contribution >= 0.6 is 0 Å². The van der Waals surface area contributed by atoms with Gasteiger partial charge in [-0.1, -0.05) is 44.1 Å². The number of aromatic amines is 1. The number of fused-ring (bicyclic) bond motifs is 1. The Morgan fingerprint density at radius 2 is 1.94 bits per heavy atom. The number of methoxy groups -OCH3 is 1. The SMILES string of the molecule is CO/N=C/c1ccc(N2C(=O)c3n[nH]c(C(C)(C)C)c3C2c2ccccc2OC)nc1. The van der Waals surface area contributed by atoms with E-state index in [0.29, 0.717) is 17.3 Å². The summed E-state index contributed by atoms with van der Waals surface area (Å²) < 4.78 is 5.64. The lowest BCUT2D eigenvalue weighted by Crippen LogP contribution is -2.31. The summed E-state index contributed by atoms with van der Waals surface area (Å²) in [6.07, 6.45) is 3.21. The Bertz CT molecular complexity index is 1130. The van der Waals surface area contributed by atoms with Gasteiger partial charge in [0.15, 0.2) is 5.69 Å². The van der Waals surface area contributed by atoms with Gasteiger partial charge in [0.05, 0.1) is 19.4 Å². The number of nitrogens with zero attached hydrogens (tertiary/aromatic N) is 4. The molecule has 1 aromatic carbocycles. The topological polar surface area (TPSA) is 92.7 Å². The summed E-state index contributed by atoms with van der Waals surface area (Å²) in [5.41, 5.74) is 3.58. The van der Waals surface area contributed by atoms with E-state index in [1.165, 1.54) is 7.11 Å². The van der Waals surface area contributed by atoms with E-state index in [0.717, 1.165) is 22.4 Å². The molecular weight excluding hydrogens is 394 g/mol. The fourth-order valence-electron chi connectivity index (χ4n) is 3.87. The predicted octanol–water partition coefficient (Wildman–Crippen LogP) is 3.84. The highest BCUT2D eigenvalue weighted by molar-refractivity contribution is 6.10. The molecule has 3 aromatic rings. The molecule has 1 atom stereocenters. The first-order chi connectivity index (χ1) is 14.9. The lowest BCUT2D eigenvalue weighted by Gasteiger charge is -2.28. The van der Waals surface area contributed by atoms with Crippen molar-refractivity contribution in [1.29, 1.82) is 0 Å². The molecule has 3 heterocycles. The van der Waals surface area contributed by atoms with Gasteiger partial charge in [-0.3, -0.25) is 14.8 Å². The van der Waals surface area contributed by atoms with Crippen LogP contribution in [0.2, 0.25) is 0 Å². The minimum atomic E-state index is -0.419. The largest absolute Gasteiger partial charge is 0.496 e. The van der Waals surface area contributed by atoms with E-state index in [4.69, 9.17) is 9.57 Å². The zero-order valence-electron chi connectivity index (χ0n) is 18.2. The van der Waals surface area contributed by atoms with Crippen molar-refractivity contribution in [2.45, 2.75) is 32.2 Å². The molecule has 1 aliphatic heterocycles. The van der Waals surface area contributed by atoms with Crippen molar-refractivity contribution in [2.75, 3.05) is 19.1 Å². The van der Waals surface area contributed by atoms with Crippen molar-refractivity contribution in [1.82, 2.24) is 15.2 Å². The number of ether oxygens (including phenoxy) is 1. The van der Waals surface area contributed by atoms with E-state index < -0.39 is 6.04 Å². The number of benzene rings is 1. The summed E-state index contributed by atoms with van der Waals surface area (Å²) >= 11 is 0. The van der Waals surface area contributed by atoms with Gasteiger partial charge in [0.2, 0.25) is 0 Å². The molecule has 0 fully saturated rings. The van der Waals surface area contributed by atoms with Gasteiger partial charge in [0.25, 0.3) is 5.91 Å². The number of amides is 1. The van der Waals surface area contributed by atoms with E-state index in [-0.39, 0.29) is 11.3 Å². The number of carbonyl (C=O) groups excluding carboxylic acids is 1. The van der Waals surface area contributed by atoms with Crippen LogP contribution in [0.25, 0.3) is 0 Å². The standard InChI is InChI=1S/C23H25N5O3/c1-23(2,3)21-18-19(26-27-21)22(29)28(17-11-10-14(12-24-17)13-25-31-5)20(18)15-8-6-7-9-16(15)30-4/h6-13,20H,1-5H3,(H,26,27)/b25-13+. The second-order valence-corrected chi connectivity index (χ2v) is 8.30. The van der Waals surface area contributed by atoms with Crippen molar-refractivity contribution >= 4 is 17.9 Å². The normalized spacial score (nSPS) is 16.1. The number of anilines is 1. The predicted molar refractivity (Wildman–Crippen MR) is 118 cm³/mol. The summed E-state index contributed by atoms with van der Waals surface area (Å²) in [5, 5.41) is 11.2. The average molecular weight is 419 g/mol. The molecule has 0 saturated carbocycles. The molecule has 0 bridgehead atoms. The number of hydrogen-bond donors (Lipinski definition) is 1. The second kappa shape index (κ2) is 7.86. The van der Waals surface area contributed by atoms with Crippen molar-refractivity contribution < 1.29 is 14.4 Å². The molecule has 0 spiro atoms. The number of nitrogens with one attached hydrogen (secondary N) is 1. The van der Waals surface area contributed by atoms with Crippen LogP contribution in [0.15, 0.2) is 47.8 Å². The number of rotatable bonds is 5. The number of hydrogen-bond acceptors (Lipinski definition) is 6. The Kier molecular flexibility index (Phi) is 5.22. The van der Waals surface area contributed by atoms with Gasteiger partial charge in [0, 0.05) is 34.0 Å². The zero-order chi connectivity index (χ0) is 22.2. The average Bonchev–Trinajstić information content (AvgIpc) is 3.32. The molecule has 0 saturated heterocycles. The van der Waals surface area contributed by atoms with Gasteiger partial charge in [-0.15, -0.1) is 0 Å². The lowest BCUT2D eigenvalue weighted by atomic mass is 9.85. The van der Waals surface area contributed by atoms with E-state index in [2.05, 4.69) is 41.1 Å². The van der Waals surface area contributed by atoms with Gasteiger partial charge in [0.1, 0.15) is 18.7 Å². The van der Waals surface area contributed by atoms with Crippen LogP contribution in [0.3, 0.4) is 0 Å². The Morgan fingerprint density at radius 3 is 2.58 bits per heavy atom. The van der Waals surface area contributed by atoms with Gasteiger partial charge >= 0.3 is 0 Å². The maximum atomic E-state index is 13.5. The second-order valence-electron chi connectivity index (χ2n) is 8.30. The molecule has 31 heavy (non-hydrogen) atoms. The van der Waals surface area contributed by atoms with Crippen LogP contribution < -0.4 is 9.64 Å². The number of aromatic nitrogens is 3. The minimum Gasteiger partial charge on any atom is -0.496 e. The highest BCUT2D eigenvalue weighted by Gasteiger charge is 2.46. The molecule has 2 aromatic heterocycles. The smallest absolute Gasteiger partial charge is 0.281 e. The molecule has 8 nitrogen and oxygen atoms in total. The summed E-state index contributed by atoms with van der Waals surface area (Å²) in [6, 6.07) is 10.9. The molecule has 1 aliphatic rings. The highest BCUT2D eigenvalue weighted by atomic mass is 16.6. The fourth-order valence-corrected chi connectivity index (χ4v) is 3.87. The minimum absolute atomic E-state index is 0.205. The fraction of sp³-hybridized carbons (Fsp3) is 0.304. The Morgan fingerprint density at radius 1 is 1.16 bits per heavy atom. The van der Waals surface area contributed by atoms with Gasteiger partial charge in [-0.25, -0.2) is 4.98 Å². The van der Waals surface area contributed by atoms with Crippen LogP contribution in [-0.4, -0.2) is 41.5 Å². The summed E-state index contributed by atoms with van der Waals surface area (Å²) in [7, 11) is 3.11. The maximum Gasteiger partial charge on any atom is 0.281 e. The molecule has 4 rings (SSSR count). The molecule has 1 unspecified atom stereocenters. The van der Waals surface area contributed by atoms with Crippen LogP contribution in [0.1, 0.15) is 59.7 Å². The first-order valence-electron chi connectivity index (χ1n) is 9.94. The van der Waals surface area contributed by atoms with Crippen LogP contribution in [0, 0.1) is 0 Å². The highest BCUT2D eigenvalue weighted by Crippen LogP contribution is 2.46. The maximum absolute atomic E-state index is 13.5. The third kappa shape index (κ3) is 3.54. The number of oxime groups is 1. The van der Waals surface area contributed by atoms with E-state index in [1.807, 2.05) is 30.3 Å². The van der Waals surface area contributed by atoms with Crippen LogP contribution in [0.4, 0.5) is 5.82 Å². The summed E-state index contributed by atoms with van der Waals surface area (Å²) in [5.74, 6) is 1.01. The van der Waals surface area contributed by atoms with Crippen LogP contribution in [0.5, 0.6) is 5.75 Å². The number of H-pyrrole nitrogens is 1. The van der Waals surface area contributed by atoms with E-state index in [1.54, 1.807) is 30.5 Å². The molecule has 1 amide bonds. The van der Waals surface area contributed by atoms with Gasteiger partial charge in [-0.2, -0.15) is 5.10 Å². The van der Waals surface area contributed by atoms with Gasteiger partial charge < -0.3 is 9.57 Å². The molecular formula is C23H25N5O3. The van der Waals surface area contributed by atoms with Crippen molar-refractivity contribution in [2.24, 2.45) is 5.16 Å². The number of pyridine rings is 1. The monoisotopic (exact) mass is 419 g/mol. The van der Waals surface area contributed by atoms with Gasteiger partial charge in [-0.05, 0) is 18.2 Å². The summed E-state index contributed by atoms with van der Waals surface area (Å²) in [4.78, 5) is 24.4. The van der Waals surface area contributed by atoms with Crippen molar-refractivity contribution in [3.05, 3.63) is 70.7 Å². The Balaban J connectivity index is 1.89. The number of para-hydroxylation sites is 1. The molecule has 1 N–H and O–H groups in total. The third-order valence-electron chi connectivity index (χ3n) is 5.27. The molecule has 0 aliphatic carbocycles. The molecule has 0 radical (unpaired) electrons. The quantitative estimate of drug-likeness (QED) is 0.501. The zero-order valence-corrected chi connectivity index (χ0v) is 18.2. The Hall–Kier alpha value is -3.68. The van der Waals surface area contributed by atoms with Crippen LogP contribution in [-0.2, 0) is 10.3 Å².